The number of nitrogens with two attached hydrogens (primary N) is 1. The van der Waals surface area contributed by atoms with Gasteiger partial charge in [0.1, 0.15) is 5.76 Å². The fourth-order valence-electron chi connectivity index (χ4n) is 2.25. The second-order valence-electron chi connectivity index (χ2n) is 4.59. The van der Waals surface area contributed by atoms with Gasteiger partial charge >= 0.3 is 0 Å². The van der Waals surface area contributed by atoms with Gasteiger partial charge in [0.15, 0.2) is 0 Å². The summed E-state index contributed by atoms with van der Waals surface area (Å²) >= 11 is 0. The SMILES string of the molecule is Cc1cc(CN2CCc3nc(N)ncc3C2)no1. The summed E-state index contributed by atoms with van der Waals surface area (Å²) < 4.78 is 5.07. The quantitative estimate of drug-likeness (QED) is 0.847. The molecule has 6 heteroatoms. The van der Waals surface area contributed by atoms with Gasteiger partial charge in [0.25, 0.3) is 0 Å². The second kappa shape index (κ2) is 4.38. The zero-order valence-electron chi connectivity index (χ0n) is 10.3. The van der Waals surface area contributed by atoms with Gasteiger partial charge in [-0.25, -0.2) is 9.97 Å². The summed E-state index contributed by atoms with van der Waals surface area (Å²) in [6, 6.07) is 1.97. The first-order valence-electron chi connectivity index (χ1n) is 5.95. The van der Waals surface area contributed by atoms with Crippen LogP contribution >= 0.6 is 0 Å². The molecular formula is C12H15N5O. The van der Waals surface area contributed by atoms with Gasteiger partial charge in [0, 0.05) is 43.9 Å². The molecular weight excluding hydrogens is 230 g/mol. The zero-order chi connectivity index (χ0) is 12.5. The molecule has 0 unspecified atom stereocenters. The van der Waals surface area contributed by atoms with Crippen molar-refractivity contribution in [2.24, 2.45) is 0 Å². The maximum absolute atomic E-state index is 5.58. The highest BCUT2D eigenvalue weighted by Crippen LogP contribution is 2.18. The van der Waals surface area contributed by atoms with Crippen molar-refractivity contribution >= 4 is 5.95 Å². The van der Waals surface area contributed by atoms with E-state index in [0.29, 0.717) is 5.95 Å². The normalized spacial score (nSPS) is 15.6. The van der Waals surface area contributed by atoms with Crippen LogP contribution in [0.1, 0.15) is 22.7 Å². The van der Waals surface area contributed by atoms with E-state index in [1.54, 1.807) is 0 Å². The number of aryl methyl sites for hydroxylation is 1. The van der Waals surface area contributed by atoms with Crippen molar-refractivity contribution in [3.8, 4) is 0 Å². The Morgan fingerprint density at radius 3 is 3.17 bits per heavy atom. The summed E-state index contributed by atoms with van der Waals surface area (Å²) in [5.41, 5.74) is 8.76. The molecule has 0 amide bonds. The minimum absolute atomic E-state index is 0.356. The largest absolute Gasteiger partial charge is 0.368 e. The predicted octanol–water partition coefficient (Wildman–Crippen LogP) is 0.914. The Morgan fingerprint density at radius 2 is 2.39 bits per heavy atom. The molecule has 3 rings (SSSR count). The molecule has 0 atom stereocenters. The number of hydrogen-bond acceptors (Lipinski definition) is 6. The highest BCUT2D eigenvalue weighted by molar-refractivity contribution is 5.27. The third kappa shape index (κ3) is 2.19. The molecule has 1 aliphatic heterocycles. The van der Waals surface area contributed by atoms with E-state index in [-0.39, 0.29) is 0 Å². The van der Waals surface area contributed by atoms with Crippen molar-refractivity contribution in [3.05, 3.63) is 35.0 Å². The number of nitrogen functional groups attached to an aromatic ring is 1. The lowest BCUT2D eigenvalue weighted by molar-refractivity contribution is 0.235. The van der Waals surface area contributed by atoms with Crippen LogP contribution in [-0.2, 0) is 19.5 Å². The van der Waals surface area contributed by atoms with Crippen molar-refractivity contribution in [3.63, 3.8) is 0 Å². The molecule has 2 aromatic heterocycles. The average Bonchev–Trinajstić information content (AvgIpc) is 2.75. The van der Waals surface area contributed by atoms with Crippen LogP contribution in [0.2, 0.25) is 0 Å². The highest BCUT2D eigenvalue weighted by Gasteiger charge is 2.19. The lowest BCUT2D eigenvalue weighted by atomic mass is 10.1. The van der Waals surface area contributed by atoms with Gasteiger partial charge in [0.2, 0.25) is 5.95 Å². The summed E-state index contributed by atoms with van der Waals surface area (Å²) in [6.45, 7) is 4.48. The Labute approximate surface area is 105 Å². The fourth-order valence-corrected chi connectivity index (χ4v) is 2.25. The van der Waals surface area contributed by atoms with Crippen LogP contribution in [0.4, 0.5) is 5.95 Å². The Morgan fingerprint density at radius 1 is 1.50 bits per heavy atom. The topological polar surface area (TPSA) is 81.1 Å². The molecule has 0 aromatic carbocycles. The van der Waals surface area contributed by atoms with Gasteiger partial charge in [-0.05, 0) is 6.92 Å². The number of nitrogens with zero attached hydrogens (tertiary/aromatic N) is 4. The third-order valence-corrected chi connectivity index (χ3v) is 3.09. The standard InChI is InChI=1S/C12H15N5O/c1-8-4-10(16-18-8)7-17-3-2-11-9(6-17)5-14-12(13)15-11/h4-5H,2-3,6-7H2,1H3,(H2,13,14,15). The van der Waals surface area contributed by atoms with E-state index in [0.717, 1.165) is 48.8 Å². The van der Waals surface area contributed by atoms with Crippen LogP contribution in [0.5, 0.6) is 0 Å². The number of rotatable bonds is 2. The van der Waals surface area contributed by atoms with Crippen LogP contribution in [0, 0.1) is 6.92 Å². The lowest BCUT2D eigenvalue weighted by Gasteiger charge is -2.26. The Balaban J connectivity index is 1.73. The van der Waals surface area contributed by atoms with E-state index in [1.807, 2.05) is 19.2 Å². The van der Waals surface area contributed by atoms with Gasteiger partial charge in [-0.3, -0.25) is 4.90 Å². The van der Waals surface area contributed by atoms with Crippen LogP contribution in [0.15, 0.2) is 16.8 Å². The fraction of sp³-hybridized carbons (Fsp3) is 0.417. The zero-order valence-corrected chi connectivity index (χ0v) is 10.3. The van der Waals surface area contributed by atoms with Crippen LogP contribution < -0.4 is 5.73 Å². The van der Waals surface area contributed by atoms with Crippen LogP contribution in [0.3, 0.4) is 0 Å². The molecule has 0 aliphatic carbocycles. The van der Waals surface area contributed by atoms with Crippen molar-refractivity contribution in [1.82, 2.24) is 20.0 Å². The molecule has 0 radical (unpaired) electrons. The van der Waals surface area contributed by atoms with Gasteiger partial charge in [0.05, 0.1) is 11.4 Å². The summed E-state index contributed by atoms with van der Waals surface area (Å²) in [5.74, 6) is 1.20. The molecule has 94 valence electrons. The summed E-state index contributed by atoms with van der Waals surface area (Å²) in [4.78, 5) is 10.6. The molecule has 0 spiro atoms. The van der Waals surface area contributed by atoms with Crippen molar-refractivity contribution < 1.29 is 4.52 Å². The molecule has 2 N–H and O–H groups in total. The number of aromatic nitrogens is 3. The molecule has 1 aliphatic rings. The van der Waals surface area contributed by atoms with Gasteiger partial charge in [-0.15, -0.1) is 0 Å². The highest BCUT2D eigenvalue weighted by atomic mass is 16.5. The summed E-state index contributed by atoms with van der Waals surface area (Å²) in [7, 11) is 0. The first-order valence-corrected chi connectivity index (χ1v) is 5.95. The molecule has 6 nitrogen and oxygen atoms in total. The minimum atomic E-state index is 0.356. The number of fused-ring (bicyclic) bond motifs is 1. The number of hydrogen-bond donors (Lipinski definition) is 1. The van der Waals surface area contributed by atoms with Gasteiger partial charge in [-0.2, -0.15) is 0 Å². The van der Waals surface area contributed by atoms with E-state index >= 15 is 0 Å². The molecule has 0 saturated heterocycles. The average molecular weight is 245 g/mol. The van der Waals surface area contributed by atoms with E-state index in [2.05, 4.69) is 20.0 Å². The second-order valence-corrected chi connectivity index (χ2v) is 4.59. The predicted molar refractivity (Wildman–Crippen MR) is 65.5 cm³/mol. The molecule has 0 bridgehead atoms. The monoisotopic (exact) mass is 245 g/mol. The van der Waals surface area contributed by atoms with E-state index in [1.165, 1.54) is 0 Å². The molecule has 18 heavy (non-hydrogen) atoms. The smallest absolute Gasteiger partial charge is 0.220 e. The number of anilines is 1. The van der Waals surface area contributed by atoms with Gasteiger partial charge in [-0.1, -0.05) is 5.16 Å². The van der Waals surface area contributed by atoms with Crippen LogP contribution in [0.25, 0.3) is 0 Å². The third-order valence-electron chi connectivity index (χ3n) is 3.09. The Kier molecular flexibility index (Phi) is 2.71. The Hall–Kier alpha value is -1.95. The molecule has 3 heterocycles. The first-order chi connectivity index (χ1) is 8.70. The van der Waals surface area contributed by atoms with Crippen molar-refractivity contribution in [2.45, 2.75) is 26.4 Å². The maximum atomic E-state index is 5.58. The first kappa shape index (κ1) is 11.2. The van der Waals surface area contributed by atoms with E-state index < -0.39 is 0 Å². The van der Waals surface area contributed by atoms with Crippen molar-refractivity contribution in [2.75, 3.05) is 12.3 Å². The van der Waals surface area contributed by atoms with Crippen LogP contribution in [-0.4, -0.2) is 26.6 Å². The molecule has 0 saturated carbocycles. The van der Waals surface area contributed by atoms with E-state index in [9.17, 15) is 0 Å². The molecule has 2 aromatic rings. The minimum Gasteiger partial charge on any atom is -0.368 e. The van der Waals surface area contributed by atoms with E-state index in [4.69, 9.17) is 10.3 Å². The van der Waals surface area contributed by atoms with Gasteiger partial charge < -0.3 is 10.3 Å². The summed E-state index contributed by atoms with van der Waals surface area (Å²) in [6.07, 6.45) is 2.72. The van der Waals surface area contributed by atoms with Crippen molar-refractivity contribution in [1.29, 1.82) is 0 Å². The molecule has 0 fully saturated rings. The maximum Gasteiger partial charge on any atom is 0.220 e. The summed E-state index contributed by atoms with van der Waals surface area (Å²) in [5, 5.41) is 4.01. The lowest BCUT2D eigenvalue weighted by Crippen LogP contribution is -2.31. The Bertz CT molecular complexity index is 565.